The van der Waals surface area contributed by atoms with E-state index < -0.39 is 0 Å². The van der Waals surface area contributed by atoms with Crippen LogP contribution in [-0.4, -0.2) is 20.5 Å². The van der Waals surface area contributed by atoms with Crippen LogP contribution in [0.15, 0.2) is 17.8 Å². The topological polar surface area (TPSA) is 42.7 Å². The lowest BCUT2D eigenvalue weighted by Gasteiger charge is -2.16. The van der Waals surface area contributed by atoms with E-state index in [-0.39, 0.29) is 0 Å². The highest BCUT2D eigenvalue weighted by atomic mass is 32.1. The van der Waals surface area contributed by atoms with Gasteiger partial charge in [0.2, 0.25) is 0 Å². The molecule has 14 heavy (non-hydrogen) atoms. The fourth-order valence-electron chi connectivity index (χ4n) is 1.76. The van der Waals surface area contributed by atoms with Crippen molar-refractivity contribution in [1.82, 2.24) is 19.2 Å². The summed E-state index contributed by atoms with van der Waals surface area (Å²) in [4.78, 5) is 4.39. The number of hydrogen-bond donors (Lipinski definition) is 1. The van der Waals surface area contributed by atoms with Crippen LogP contribution in [0.3, 0.4) is 0 Å². The molecule has 1 aliphatic rings. The quantitative estimate of drug-likeness (QED) is 0.760. The van der Waals surface area contributed by atoms with E-state index in [1.807, 2.05) is 12.4 Å². The molecule has 0 amide bonds. The van der Waals surface area contributed by atoms with Crippen LogP contribution in [0.2, 0.25) is 0 Å². The zero-order valence-corrected chi connectivity index (χ0v) is 8.42. The first-order chi connectivity index (χ1) is 6.95. The first kappa shape index (κ1) is 8.14. The molecule has 0 aliphatic carbocycles. The van der Waals surface area contributed by atoms with E-state index in [1.165, 1.54) is 22.8 Å². The molecular weight excluding hydrogens is 196 g/mol. The number of aromatic nitrogens is 3. The van der Waals surface area contributed by atoms with Gasteiger partial charge in [0.05, 0.1) is 24.6 Å². The largest absolute Gasteiger partial charge is 0.326 e. The zero-order chi connectivity index (χ0) is 9.38. The van der Waals surface area contributed by atoms with Gasteiger partial charge in [0.1, 0.15) is 5.82 Å². The van der Waals surface area contributed by atoms with Crippen molar-refractivity contribution in [1.29, 1.82) is 0 Å². The number of nitrogens with one attached hydrogen (secondary N) is 1. The van der Waals surface area contributed by atoms with E-state index in [0.29, 0.717) is 0 Å². The van der Waals surface area contributed by atoms with Crippen molar-refractivity contribution in [3.63, 3.8) is 0 Å². The molecule has 0 fully saturated rings. The zero-order valence-electron chi connectivity index (χ0n) is 7.60. The molecule has 1 N–H and O–H groups in total. The minimum absolute atomic E-state index is 0.873. The van der Waals surface area contributed by atoms with Gasteiger partial charge in [-0.15, -0.1) is 0 Å². The summed E-state index contributed by atoms with van der Waals surface area (Å²) >= 11 is 1.48. The van der Waals surface area contributed by atoms with Gasteiger partial charge in [0.15, 0.2) is 0 Å². The summed E-state index contributed by atoms with van der Waals surface area (Å²) in [7, 11) is 0. The number of imidazole rings is 1. The van der Waals surface area contributed by atoms with Gasteiger partial charge in [-0.05, 0) is 11.5 Å². The van der Waals surface area contributed by atoms with Crippen LogP contribution in [0.4, 0.5) is 0 Å². The maximum atomic E-state index is 4.39. The van der Waals surface area contributed by atoms with E-state index in [2.05, 4.69) is 24.6 Å². The van der Waals surface area contributed by atoms with Crippen LogP contribution in [0.1, 0.15) is 5.82 Å². The Kier molecular flexibility index (Phi) is 1.85. The number of rotatable bonds is 1. The Hall–Kier alpha value is -1.20. The Balaban J connectivity index is 2.11. The maximum absolute atomic E-state index is 4.39. The van der Waals surface area contributed by atoms with Crippen LogP contribution >= 0.6 is 11.5 Å². The van der Waals surface area contributed by atoms with Gasteiger partial charge in [0, 0.05) is 24.0 Å². The highest BCUT2D eigenvalue weighted by molar-refractivity contribution is 7.03. The molecule has 0 radical (unpaired) electrons. The lowest BCUT2D eigenvalue weighted by Crippen LogP contribution is -2.28. The summed E-state index contributed by atoms with van der Waals surface area (Å²) in [5, 5.41) is 5.37. The second-order valence-corrected chi connectivity index (χ2v) is 3.96. The molecule has 0 bridgehead atoms. The van der Waals surface area contributed by atoms with Gasteiger partial charge in [-0.25, -0.2) is 9.36 Å². The molecule has 0 spiro atoms. The van der Waals surface area contributed by atoms with Crippen LogP contribution in [-0.2, 0) is 13.1 Å². The van der Waals surface area contributed by atoms with Gasteiger partial charge in [-0.1, -0.05) is 0 Å². The average molecular weight is 206 g/mol. The summed E-state index contributed by atoms with van der Waals surface area (Å²) in [5.74, 6) is 1.12. The van der Waals surface area contributed by atoms with Crippen molar-refractivity contribution < 1.29 is 0 Å². The van der Waals surface area contributed by atoms with Gasteiger partial charge in [0.25, 0.3) is 0 Å². The lowest BCUT2D eigenvalue weighted by molar-refractivity contribution is 0.508. The SMILES string of the molecule is c1nscc1-c1cnc2n1CCNC2. The van der Waals surface area contributed by atoms with Crippen LogP contribution in [0.25, 0.3) is 11.3 Å². The van der Waals surface area contributed by atoms with Crippen LogP contribution in [0.5, 0.6) is 0 Å². The number of fused-ring (bicyclic) bond motifs is 1. The third-order valence-corrected chi connectivity index (χ3v) is 3.05. The summed E-state index contributed by atoms with van der Waals surface area (Å²) in [6.45, 7) is 2.89. The molecule has 0 aromatic carbocycles. The van der Waals surface area contributed by atoms with E-state index in [9.17, 15) is 0 Å². The highest BCUT2D eigenvalue weighted by Crippen LogP contribution is 2.22. The molecule has 2 aromatic rings. The number of nitrogens with zero attached hydrogens (tertiary/aromatic N) is 3. The predicted molar refractivity (Wildman–Crippen MR) is 55.0 cm³/mol. The van der Waals surface area contributed by atoms with E-state index >= 15 is 0 Å². The second-order valence-electron chi connectivity index (χ2n) is 3.30. The van der Waals surface area contributed by atoms with Crippen molar-refractivity contribution in [3.8, 4) is 11.3 Å². The fraction of sp³-hybridized carbons (Fsp3) is 0.333. The minimum atomic E-state index is 0.873. The molecule has 72 valence electrons. The Bertz CT molecular complexity index is 432. The molecule has 2 aromatic heterocycles. The van der Waals surface area contributed by atoms with Crippen molar-refractivity contribution in [3.05, 3.63) is 23.6 Å². The Labute approximate surface area is 85.8 Å². The Morgan fingerprint density at radius 3 is 3.29 bits per heavy atom. The van der Waals surface area contributed by atoms with Crippen LogP contribution < -0.4 is 5.32 Å². The first-order valence-electron chi connectivity index (χ1n) is 4.60. The molecule has 3 heterocycles. The molecule has 3 rings (SSSR count). The molecule has 0 saturated carbocycles. The normalized spacial score (nSPS) is 15.4. The Morgan fingerprint density at radius 1 is 1.43 bits per heavy atom. The third kappa shape index (κ3) is 1.17. The van der Waals surface area contributed by atoms with Crippen LogP contribution in [0, 0.1) is 0 Å². The fourth-order valence-corrected chi connectivity index (χ4v) is 2.29. The summed E-state index contributed by atoms with van der Waals surface area (Å²) in [6, 6.07) is 0. The van der Waals surface area contributed by atoms with Gasteiger partial charge >= 0.3 is 0 Å². The van der Waals surface area contributed by atoms with Crippen molar-refractivity contribution in [2.45, 2.75) is 13.1 Å². The molecule has 4 nitrogen and oxygen atoms in total. The average Bonchev–Trinajstić information content (AvgIpc) is 2.85. The smallest absolute Gasteiger partial charge is 0.123 e. The molecule has 5 heteroatoms. The summed E-state index contributed by atoms with van der Waals surface area (Å²) < 4.78 is 6.38. The van der Waals surface area contributed by atoms with Gasteiger partial charge < -0.3 is 9.88 Å². The molecule has 1 aliphatic heterocycles. The molecule has 0 saturated heterocycles. The Morgan fingerprint density at radius 2 is 2.43 bits per heavy atom. The van der Waals surface area contributed by atoms with E-state index in [1.54, 1.807) is 0 Å². The standard InChI is InChI=1S/C9H10N4S/c1-2-13-8(7-3-12-14-6-7)4-11-9(13)5-10-1/h3-4,6,10H,1-2,5H2. The first-order valence-corrected chi connectivity index (χ1v) is 5.43. The molecular formula is C9H10N4S. The summed E-state index contributed by atoms with van der Waals surface area (Å²) in [6.07, 6.45) is 3.84. The minimum Gasteiger partial charge on any atom is -0.326 e. The van der Waals surface area contributed by atoms with Gasteiger partial charge in [-0.3, -0.25) is 0 Å². The molecule has 0 unspecified atom stereocenters. The van der Waals surface area contributed by atoms with Crippen molar-refractivity contribution >= 4 is 11.5 Å². The van der Waals surface area contributed by atoms with Gasteiger partial charge in [-0.2, -0.15) is 0 Å². The summed E-state index contributed by atoms with van der Waals surface area (Å²) in [5.41, 5.74) is 2.37. The predicted octanol–water partition coefficient (Wildman–Crippen LogP) is 1.11. The third-order valence-electron chi connectivity index (χ3n) is 2.46. The van der Waals surface area contributed by atoms with Crippen molar-refractivity contribution in [2.24, 2.45) is 0 Å². The highest BCUT2D eigenvalue weighted by Gasteiger charge is 2.14. The van der Waals surface area contributed by atoms with E-state index in [0.717, 1.165) is 25.5 Å². The van der Waals surface area contributed by atoms with E-state index in [4.69, 9.17) is 0 Å². The monoisotopic (exact) mass is 206 g/mol. The second kappa shape index (κ2) is 3.18. The lowest BCUT2D eigenvalue weighted by atomic mass is 10.3. The molecule has 0 atom stereocenters. The maximum Gasteiger partial charge on any atom is 0.123 e. The van der Waals surface area contributed by atoms with Crippen molar-refractivity contribution in [2.75, 3.05) is 6.54 Å². The number of hydrogen-bond acceptors (Lipinski definition) is 4.